The number of hydrogen-bond donors (Lipinski definition) is 1. The van der Waals surface area contributed by atoms with Gasteiger partial charge in [0.2, 0.25) is 0 Å². The minimum absolute atomic E-state index is 0.169. The quantitative estimate of drug-likeness (QED) is 0.889. The maximum absolute atomic E-state index is 12.5. The Balaban J connectivity index is 2.26. The second-order valence-corrected chi connectivity index (χ2v) is 5.07. The predicted molar refractivity (Wildman–Crippen MR) is 72.1 cm³/mol. The molecule has 1 atom stereocenters. The number of carboxylic acids is 1. The van der Waals surface area contributed by atoms with Gasteiger partial charge in [-0.1, -0.05) is 30.5 Å². The molecule has 1 unspecified atom stereocenters. The topological polar surface area (TPSA) is 57.6 Å². The molecule has 0 aliphatic carbocycles. The molecule has 1 amide bonds. The van der Waals surface area contributed by atoms with E-state index in [1.165, 1.54) is 4.90 Å². The lowest BCUT2D eigenvalue weighted by Gasteiger charge is -2.27. The number of aliphatic carboxylic acids is 1. The predicted octanol–water partition coefficient (Wildman–Crippen LogP) is 2.46. The summed E-state index contributed by atoms with van der Waals surface area (Å²) in [4.78, 5) is 25.3. The zero-order valence-electron chi connectivity index (χ0n) is 11.1. The lowest BCUT2D eigenvalue weighted by molar-refractivity contribution is -0.142. The second-order valence-electron chi connectivity index (χ2n) is 5.07. The third-order valence-electron chi connectivity index (χ3n) is 3.56. The molecule has 1 fully saturated rings. The van der Waals surface area contributed by atoms with Gasteiger partial charge in [-0.25, -0.2) is 4.79 Å². The first kappa shape index (κ1) is 13.6. The Labute approximate surface area is 113 Å². The lowest BCUT2D eigenvalue weighted by atomic mass is 10.1. The number of rotatable bonds is 2. The van der Waals surface area contributed by atoms with E-state index in [9.17, 15) is 14.7 Å². The van der Waals surface area contributed by atoms with Gasteiger partial charge in [0.1, 0.15) is 6.04 Å². The number of likely N-dealkylation sites (tertiary alicyclic amines) is 1. The summed E-state index contributed by atoms with van der Waals surface area (Å²) < 4.78 is 0. The molecule has 4 heteroatoms. The van der Waals surface area contributed by atoms with E-state index in [4.69, 9.17) is 0 Å². The van der Waals surface area contributed by atoms with Crippen molar-refractivity contribution in [3.63, 3.8) is 0 Å². The van der Waals surface area contributed by atoms with Crippen molar-refractivity contribution in [1.29, 1.82) is 0 Å². The zero-order chi connectivity index (χ0) is 13.8. The number of carbonyl (C=O) groups excluding carboxylic acids is 1. The lowest BCUT2D eigenvalue weighted by Crippen LogP contribution is -2.44. The van der Waals surface area contributed by atoms with Crippen molar-refractivity contribution in [2.45, 2.75) is 38.6 Å². The average Bonchev–Trinajstić information content (AvgIpc) is 2.63. The Kier molecular flexibility index (Phi) is 4.20. The van der Waals surface area contributed by atoms with Crippen LogP contribution in [-0.4, -0.2) is 34.5 Å². The Morgan fingerprint density at radius 2 is 2.05 bits per heavy atom. The van der Waals surface area contributed by atoms with Crippen LogP contribution in [0.15, 0.2) is 24.3 Å². The molecule has 0 aromatic heterocycles. The maximum atomic E-state index is 12.5. The number of aryl methyl sites for hydroxylation is 1. The van der Waals surface area contributed by atoms with Gasteiger partial charge in [0, 0.05) is 12.1 Å². The number of hydrogen-bond acceptors (Lipinski definition) is 2. The van der Waals surface area contributed by atoms with Crippen LogP contribution in [0.4, 0.5) is 0 Å². The van der Waals surface area contributed by atoms with Crippen LogP contribution in [0.25, 0.3) is 0 Å². The van der Waals surface area contributed by atoms with Crippen molar-refractivity contribution in [3.8, 4) is 0 Å². The van der Waals surface area contributed by atoms with Gasteiger partial charge in [0.25, 0.3) is 5.91 Å². The first-order valence-corrected chi connectivity index (χ1v) is 6.70. The molecule has 4 nitrogen and oxygen atoms in total. The number of carboxylic acid groups (broad SMARTS) is 1. The van der Waals surface area contributed by atoms with Crippen molar-refractivity contribution in [2.75, 3.05) is 6.54 Å². The molecule has 1 heterocycles. The first-order chi connectivity index (χ1) is 9.09. The van der Waals surface area contributed by atoms with Gasteiger partial charge in [0.05, 0.1) is 0 Å². The summed E-state index contributed by atoms with van der Waals surface area (Å²) in [6, 6.07) is 6.63. The van der Waals surface area contributed by atoms with E-state index in [-0.39, 0.29) is 5.91 Å². The highest BCUT2D eigenvalue weighted by atomic mass is 16.4. The highest BCUT2D eigenvalue weighted by molar-refractivity contribution is 5.96. The van der Waals surface area contributed by atoms with E-state index in [0.717, 1.165) is 24.8 Å². The Hall–Kier alpha value is -1.84. The fourth-order valence-corrected chi connectivity index (χ4v) is 2.55. The first-order valence-electron chi connectivity index (χ1n) is 6.70. The average molecular weight is 261 g/mol. The molecule has 0 radical (unpaired) electrons. The van der Waals surface area contributed by atoms with Crippen molar-refractivity contribution >= 4 is 11.9 Å². The van der Waals surface area contributed by atoms with Gasteiger partial charge in [-0.2, -0.15) is 0 Å². The molecular formula is C15H19NO3. The van der Waals surface area contributed by atoms with E-state index in [1.54, 1.807) is 6.07 Å². The molecule has 1 aliphatic rings. The third kappa shape index (κ3) is 3.13. The minimum atomic E-state index is -0.900. The molecule has 102 valence electrons. The summed E-state index contributed by atoms with van der Waals surface area (Å²) >= 11 is 0. The van der Waals surface area contributed by atoms with Crippen LogP contribution in [0.3, 0.4) is 0 Å². The Morgan fingerprint density at radius 1 is 1.26 bits per heavy atom. The second kappa shape index (κ2) is 5.87. The smallest absolute Gasteiger partial charge is 0.326 e. The number of nitrogens with zero attached hydrogens (tertiary/aromatic N) is 1. The number of carbonyl (C=O) groups is 2. The van der Waals surface area contributed by atoms with Gasteiger partial charge < -0.3 is 10.0 Å². The van der Waals surface area contributed by atoms with E-state index in [0.29, 0.717) is 18.5 Å². The van der Waals surface area contributed by atoms with Crippen LogP contribution in [0, 0.1) is 6.92 Å². The molecule has 0 saturated carbocycles. The monoisotopic (exact) mass is 261 g/mol. The van der Waals surface area contributed by atoms with Crippen LogP contribution >= 0.6 is 0 Å². The fourth-order valence-electron chi connectivity index (χ4n) is 2.55. The van der Waals surface area contributed by atoms with Crippen LogP contribution in [0.1, 0.15) is 41.6 Å². The van der Waals surface area contributed by atoms with E-state index in [1.807, 2.05) is 25.1 Å². The van der Waals surface area contributed by atoms with Crippen molar-refractivity contribution in [2.24, 2.45) is 0 Å². The van der Waals surface area contributed by atoms with Gasteiger partial charge in [-0.15, -0.1) is 0 Å². The van der Waals surface area contributed by atoms with Gasteiger partial charge in [-0.3, -0.25) is 4.79 Å². The van der Waals surface area contributed by atoms with Gasteiger partial charge in [0.15, 0.2) is 0 Å². The third-order valence-corrected chi connectivity index (χ3v) is 3.56. The molecule has 1 aliphatic heterocycles. The van der Waals surface area contributed by atoms with Crippen LogP contribution in [-0.2, 0) is 4.79 Å². The molecule has 1 aromatic carbocycles. The molecular weight excluding hydrogens is 242 g/mol. The summed E-state index contributed by atoms with van der Waals surface area (Å²) in [6.07, 6.45) is 3.28. The van der Waals surface area contributed by atoms with Crippen LogP contribution < -0.4 is 0 Å². The molecule has 1 N–H and O–H groups in total. The summed E-state index contributed by atoms with van der Waals surface area (Å²) in [7, 11) is 0. The minimum Gasteiger partial charge on any atom is -0.480 e. The molecule has 0 bridgehead atoms. The molecule has 0 spiro atoms. The zero-order valence-corrected chi connectivity index (χ0v) is 11.1. The number of benzene rings is 1. The highest BCUT2D eigenvalue weighted by Gasteiger charge is 2.31. The molecule has 1 saturated heterocycles. The number of amides is 1. The largest absolute Gasteiger partial charge is 0.480 e. The van der Waals surface area contributed by atoms with Crippen LogP contribution in [0.2, 0.25) is 0 Å². The van der Waals surface area contributed by atoms with E-state index < -0.39 is 12.0 Å². The Bertz CT molecular complexity index is 484. The summed E-state index contributed by atoms with van der Waals surface area (Å²) in [5.74, 6) is -1.07. The Morgan fingerprint density at radius 3 is 2.74 bits per heavy atom. The van der Waals surface area contributed by atoms with E-state index >= 15 is 0 Å². The maximum Gasteiger partial charge on any atom is 0.326 e. The summed E-state index contributed by atoms with van der Waals surface area (Å²) in [5, 5.41) is 9.29. The molecule has 2 rings (SSSR count). The van der Waals surface area contributed by atoms with Crippen LogP contribution in [0.5, 0.6) is 0 Å². The SMILES string of the molecule is Cc1cccc(C(=O)N2CCCCCC2C(=O)O)c1. The van der Waals surface area contributed by atoms with Crippen molar-refractivity contribution < 1.29 is 14.7 Å². The molecule has 19 heavy (non-hydrogen) atoms. The van der Waals surface area contributed by atoms with E-state index in [2.05, 4.69) is 0 Å². The summed E-state index contributed by atoms with van der Waals surface area (Å²) in [6.45, 7) is 2.46. The highest BCUT2D eigenvalue weighted by Crippen LogP contribution is 2.20. The molecule has 1 aromatic rings. The fraction of sp³-hybridized carbons (Fsp3) is 0.467. The normalized spacial score (nSPS) is 19.8. The summed E-state index contributed by atoms with van der Waals surface area (Å²) in [5.41, 5.74) is 1.58. The standard InChI is InChI=1S/C15H19NO3/c1-11-6-5-7-12(10-11)14(17)16-9-4-2-3-8-13(16)15(18)19/h5-7,10,13H,2-4,8-9H2,1H3,(H,18,19). The van der Waals surface area contributed by atoms with Crippen molar-refractivity contribution in [3.05, 3.63) is 35.4 Å². The van der Waals surface area contributed by atoms with Gasteiger partial charge >= 0.3 is 5.97 Å². The van der Waals surface area contributed by atoms with Crippen molar-refractivity contribution in [1.82, 2.24) is 4.90 Å². The van der Waals surface area contributed by atoms with Gasteiger partial charge in [-0.05, 0) is 31.9 Å².